The number of benzene rings is 1. The molecule has 1 aromatic carbocycles. The van der Waals surface area contributed by atoms with Gasteiger partial charge in [-0.25, -0.2) is 8.78 Å². The molecule has 5 nitrogen and oxygen atoms in total. The Morgan fingerprint density at radius 1 is 1.21 bits per heavy atom. The Bertz CT molecular complexity index is 782. The van der Waals surface area contributed by atoms with Gasteiger partial charge in [0.15, 0.2) is 5.82 Å². The van der Waals surface area contributed by atoms with Crippen molar-refractivity contribution in [3.63, 3.8) is 0 Å². The summed E-state index contributed by atoms with van der Waals surface area (Å²) in [6.07, 6.45) is 3.25. The van der Waals surface area contributed by atoms with Crippen molar-refractivity contribution < 1.29 is 18.4 Å². The first-order chi connectivity index (χ1) is 11.6. The lowest BCUT2D eigenvalue weighted by atomic mass is 10.0. The third-order valence-corrected chi connectivity index (χ3v) is 3.90. The Labute approximate surface area is 137 Å². The van der Waals surface area contributed by atoms with Gasteiger partial charge in [-0.2, -0.15) is 0 Å². The van der Waals surface area contributed by atoms with Crippen LogP contribution in [-0.4, -0.2) is 29.4 Å². The molecule has 24 heavy (non-hydrogen) atoms. The van der Waals surface area contributed by atoms with E-state index in [1.165, 1.54) is 29.3 Å². The van der Waals surface area contributed by atoms with Crippen molar-refractivity contribution in [2.75, 3.05) is 11.4 Å². The standard InChI is InChI=1S/C17H15F2N3O2/c18-12-4-1-2-6-15(12)22-9-3-5-14(17(22)24)21-16(23)11-7-8-20-10-13(11)19/h1-2,4,6-8,10,14H,3,5,9H2,(H,21,23). The Morgan fingerprint density at radius 3 is 2.75 bits per heavy atom. The SMILES string of the molecule is O=C(NC1CCCN(c2ccccc2F)C1=O)c1ccncc1F. The highest BCUT2D eigenvalue weighted by atomic mass is 19.1. The van der Waals surface area contributed by atoms with Crippen LogP contribution in [0.2, 0.25) is 0 Å². The van der Waals surface area contributed by atoms with Crippen molar-refractivity contribution in [2.24, 2.45) is 0 Å². The third-order valence-electron chi connectivity index (χ3n) is 3.90. The summed E-state index contributed by atoms with van der Waals surface area (Å²) in [5.41, 5.74) is -0.00245. The van der Waals surface area contributed by atoms with Gasteiger partial charge in [-0.05, 0) is 31.0 Å². The lowest BCUT2D eigenvalue weighted by molar-refractivity contribution is -0.121. The molecule has 1 aliphatic rings. The summed E-state index contributed by atoms with van der Waals surface area (Å²) in [6.45, 7) is 0.371. The normalized spacial score (nSPS) is 17.7. The largest absolute Gasteiger partial charge is 0.340 e. The Kier molecular flexibility index (Phi) is 4.50. The van der Waals surface area contributed by atoms with Gasteiger partial charge in [-0.3, -0.25) is 14.6 Å². The molecule has 1 N–H and O–H groups in total. The molecule has 2 aromatic rings. The van der Waals surface area contributed by atoms with Gasteiger partial charge >= 0.3 is 0 Å². The second-order valence-corrected chi connectivity index (χ2v) is 5.47. The maximum absolute atomic E-state index is 13.9. The molecule has 0 spiro atoms. The van der Waals surface area contributed by atoms with Gasteiger partial charge in [-0.15, -0.1) is 0 Å². The minimum Gasteiger partial charge on any atom is -0.340 e. The average molecular weight is 331 g/mol. The number of anilines is 1. The number of pyridine rings is 1. The molecular formula is C17H15F2N3O2. The van der Waals surface area contributed by atoms with Gasteiger partial charge in [0.25, 0.3) is 5.91 Å². The minimum absolute atomic E-state index is 0.177. The van der Waals surface area contributed by atoms with Crippen molar-refractivity contribution in [3.05, 3.63) is 59.9 Å². The van der Waals surface area contributed by atoms with E-state index in [9.17, 15) is 18.4 Å². The number of hydrogen-bond acceptors (Lipinski definition) is 3. The Morgan fingerprint density at radius 2 is 2.00 bits per heavy atom. The first kappa shape index (κ1) is 16.0. The van der Waals surface area contributed by atoms with Crippen molar-refractivity contribution in [2.45, 2.75) is 18.9 Å². The highest BCUT2D eigenvalue weighted by molar-refractivity contribution is 6.02. The highest BCUT2D eigenvalue weighted by Crippen LogP contribution is 2.24. The quantitative estimate of drug-likeness (QED) is 0.939. The van der Waals surface area contributed by atoms with Gasteiger partial charge in [0.1, 0.15) is 11.9 Å². The van der Waals surface area contributed by atoms with Crippen LogP contribution in [0.1, 0.15) is 23.2 Å². The van der Waals surface area contributed by atoms with E-state index in [-0.39, 0.29) is 11.3 Å². The Hall–Kier alpha value is -2.83. The van der Waals surface area contributed by atoms with E-state index in [0.29, 0.717) is 19.4 Å². The molecule has 7 heteroatoms. The summed E-state index contributed by atoms with van der Waals surface area (Å²) < 4.78 is 27.5. The van der Waals surface area contributed by atoms with Crippen molar-refractivity contribution >= 4 is 17.5 Å². The van der Waals surface area contributed by atoms with Crippen LogP contribution in [-0.2, 0) is 4.79 Å². The average Bonchev–Trinajstić information content (AvgIpc) is 2.58. The van der Waals surface area contributed by atoms with Crippen LogP contribution in [0.3, 0.4) is 0 Å². The van der Waals surface area contributed by atoms with Gasteiger partial charge in [-0.1, -0.05) is 12.1 Å². The number of carbonyl (C=O) groups is 2. The van der Waals surface area contributed by atoms with E-state index in [4.69, 9.17) is 0 Å². The van der Waals surface area contributed by atoms with Crippen molar-refractivity contribution in [1.29, 1.82) is 0 Å². The predicted molar refractivity (Wildman–Crippen MR) is 83.4 cm³/mol. The van der Waals surface area contributed by atoms with Crippen LogP contribution < -0.4 is 10.2 Å². The number of nitrogens with zero attached hydrogens (tertiary/aromatic N) is 2. The second-order valence-electron chi connectivity index (χ2n) is 5.47. The van der Waals surface area contributed by atoms with E-state index in [1.54, 1.807) is 12.1 Å². The number of carbonyl (C=O) groups excluding carboxylic acids is 2. The monoisotopic (exact) mass is 331 g/mol. The maximum atomic E-state index is 13.9. The predicted octanol–water partition coefficient (Wildman–Crippen LogP) is 2.29. The van der Waals surface area contributed by atoms with Crippen molar-refractivity contribution in [3.8, 4) is 0 Å². The van der Waals surface area contributed by atoms with Gasteiger partial charge in [0, 0.05) is 12.7 Å². The number of nitrogens with one attached hydrogen (secondary N) is 1. The van der Waals surface area contributed by atoms with Crippen LogP contribution in [0, 0.1) is 11.6 Å². The lowest BCUT2D eigenvalue weighted by Gasteiger charge is -2.32. The summed E-state index contributed by atoms with van der Waals surface area (Å²) >= 11 is 0. The van der Waals surface area contributed by atoms with Crippen molar-refractivity contribution in [1.82, 2.24) is 10.3 Å². The summed E-state index contributed by atoms with van der Waals surface area (Å²) in [5.74, 6) is -2.36. The minimum atomic E-state index is -0.821. The van der Waals surface area contributed by atoms with Crippen LogP contribution in [0.5, 0.6) is 0 Å². The number of piperidine rings is 1. The molecule has 3 rings (SSSR count). The molecule has 1 atom stereocenters. The lowest BCUT2D eigenvalue weighted by Crippen LogP contribution is -2.52. The molecule has 124 valence electrons. The molecule has 1 saturated heterocycles. The number of hydrogen-bond donors (Lipinski definition) is 1. The molecule has 0 radical (unpaired) electrons. The Balaban J connectivity index is 1.77. The highest BCUT2D eigenvalue weighted by Gasteiger charge is 2.32. The van der Waals surface area contributed by atoms with Gasteiger partial charge < -0.3 is 10.2 Å². The number of rotatable bonds is 3. The molecule has 2 amide bonds. The molecule has 2 heterocycles. The number of amides is 2. The summed E-state index contributed by atoms with van der Waals surface area (Å²) in [7, 11) is 0. The van der Waals surface area contributed by atoms with Gasteiger partial charge in [0.05, 0.1) is 17.4 Å². The van der Waals surface area contributed by atoms with E-state index in [0.717, 1.165) is 6.20 Å². The molecule has 0 saturated carbocycles. The first-order valence-corrected chi connectivity index (χ1v) is 7.54. The molecule has 1 aromatic heterocycles. The van der Waals surface area contributed by atoms with E-state index < -0.39 is 29.5 Å². The van der Waals surface area contributed by atoms with E-state index in [1.807, 2.05) is 0 Å². The molecule has 0 bridgehead atoms. The van der Waals surface area contributed by atoms with Gasteiger partial charge in [0.2, 0.25) is 5.91 Å². The second kappa shape index (κ2) is 6.74. The van der Waals surface area contributed by atoms with E-state index in [2.05, 4.69) is 10.3 Å². The van der Waals surface area contributed by atoms with Crippen LogP contribution in [0.4, 0.5) is 14.5 Å². The first-order valence-electron chi connectivity index (χ1n) is 7.54. The number of halogens is 2. The van der Waals surface area contributed by atoms with Crippen LogP contribution in [0.15, 0.2) is 42.7 Å². The fraction of sp³-hybridized carbons (Fsp3) is 0.235. The number of para-hydroxylation sites is 1. The molecular weight excluding hydrogens is 316 g/mol. The fourth-order valence-electron chi connectivity index (χ4n) is 2.71. The zero-order valence-electron chi connectivity index (χ0n) is 12.7. The molecule has 0 aliphatic carbocycles. The zero-order chi connectivity index (χ0) is 17.1. The maximum Gasteiger partial charge on any atom is 0.255 e. The zero-order valence-corrected chi connectivity index (χ0v) is 12.7. The fourth-order valence-corrected chi connectivity index (χ4v) is 2.71. The van der Waals surface area contributed by atoms with E-state index >= 15 is 0 Å². The smallest absolute Gasteiger partial charge is 0.255 e. The van der Waals surface area contributed by atoms with Crippen LogP contribution in [0.25, 0.3) is 0 Å². The summed E-state index contributed by atoms with van der Waals surface area (Å²) in [6, 6.07) is 6.39. The third kappa shape index (κ3) is 3.10. The summed E-state index contributed by atoms with van der Waals surface area (Å²) in [5, 5.41) is 2.52. The molecule has 1 aliphatic heterocycles. The molecule has 1 unspecified atom stereocenters. The topological polar surface area (TPSA) is 62.3 Å². The number of aromatic nitrogens is 1. The van der Waals surface area contributed by atoms with Crippen LogP contribution >= 0.6 is 0 Å². The molecule has 1 fully saturated rings. The summed E-state index contributed by atoms with van der Waals surface area (Å²) in [4.78, 5) is 29.6.